The van der Waals surface area contributed by atoms with Crippen LogP contribution in [0.2, 0.25) is 5.02 Å². The van der Waals surface area contributed by atoms with Gasteiger partial charge in [0.2, 0.25) is 0 Å². The molecule has 0 spiro atoms. The molecule has 2 aromatic carbocycles. The van der Waals surface area contributed by atoms with Crippen LogP contribution in [0, 0.1) is 5.82 Å². The highest BCUT2D eigenvalue weighted by molar-refractivity contribution is 6.31. The summed E-state index contributed by atoms with van der Waals surface area (Å²) in [4.78, 5) is 26.5. The second-order valence-corrected chi connectivity index (χ2v) is 7.79. The van der Waals surface area contributed by atoms with Crippen molar-refractivity contribution in [1.82, 2.24) is 10.2 Å². The highest BCUT2D eigenvalue weighted by atomic mass is 35.5. The Hall–Kier alpha value is -2.60. The molecule has 3 rings (SSSR count). The lowest BCUT2D eigenvalue weighted by Gasteiger charge is -2.25. The zero-order chi connectivity index (χ0) is 21.0. The highest BCUT2D eigenvalue weighted by Crippen LogP contribution is 2.24. The first kappa shape index (κ1) is 21.1. The van der Waals surface area contributed by atoms with Crippen molar-refractivity contribution in [2.24, 2.45) is 0 Å². The summed E-state index contributed by atoms with van der Waals surface area (Å²) in [5.74, 6) is -0.221. The summed E-state index contributed by atoms with van der Waals surface area (Å²) < 4.78 is 19.2. The predicted octanol–water partition coefficient (Wildman–Crippen LogP) is 4.30. The molecule has 29 heavy (non-hydrogen) atoms. The van der Waals surface area contributed by atoms with Crippen LogP contribution in [-0.4, -0.2) is 41.9 Å². The van der Waals surface area contributed by atoms with Crippen LogP contribution in [0.5, 0.6) is 5.75 Å². The van der Waals surface area contributed by atoms with Crippen molar-refractivity contribution in [3.63, 3.8) is 0 Å². The van der Waals surface area contributed by atoms with E-state index in [-0.39, 0.29) is 28.9 Å². The van der Waals surface area contributed by atoms with Crippen LogP contribution in [0.3, 0.4) is 0 Å². The van der Waals surface area contributed by atoms with Crippen LogP contribution < -0.4 is 10.1 Å². The molecule has 0 aliphatic carbocycles. The summed E-state index contributed by atoms with van der Waals surface area (Å²) >= 11 is 5.81. The summed E-state index contributed by atoms with van der Waals surface area (Å²) in [5, 5.41) is 2.77. The minimum atomic E-state index is -0.546. The van der Waals surface area contributed by atoms with E-state index >= 15 is 0 Å². The number of rotatable bonds is 6. The van der Waals surface area contributed by atoms with Gasteiger partial charge in [-0.1, -0.05) is 11.6 Å². The molecule has 0 unspecified atom stereocenters. The first-order valence-electron chi connectivity index (χ1n) is 9.65. The number of amides is 2. The zero-order valence-corrected chi connectivity index (χ0v) is 17.2. The van der Waals surface area contributed by atoms with Gasteiger partial charge in [0.25, 0.3) is 11.8 Å². The Balaban J connectivity index is 1.60. The molecule has 1 heterocycles. The van der Waals surface area contributed by atoms with Gasteiger partial charge in [-0.05, 0) is 69.2 Å². The first-order valence-corrected chi connectivity index (χ1v) is 10.0. The van der Waals surface area contributed by atoms with Crippen LogP contribution in [0.4, 0.5) is 4.39 Å². The standard InChI is InChI=1S/C22H24ClFN2O3/c1-14(2)25-21(27)15-5-8-18(9-6-15)29-13-17-4-3-11-26(17)22(28)16-7-10-20(24)19(23)12-16/h5-10,12,14,17H,3-4,11,13H2,1-2H3,(H,25,27)/t17-/m1/s1. The third-order valence-electron chi connectivity index (χ3n) is 4.78. The van der Waals surface area contributed by atoms with E-state index in [4.69, 9.17) is 16.3 Å². The van der Waals surface area contributed by atoms with Crippen LogP contribution >= 0.6 is 11.6 Å². The van der Waals surface area contributed by atoms with E-state index in [2.05, 4.69) is 5.32 Å². The molecule has 1 saturated heterocycles. The fourth-order valence-corrected chi connectivity index (χ4v) is 3.49. The number of nitrogens with one attached hydrogen (secondary N) is 1. The van der Waals surface area contributed by atoms with Crippen LogP contribution in [0.15, 0.2) is 42.5 Å². The van der Waals surface area contributed by atoms with E-state index in [0.29, 0.717) is 30.0 Å². The van der Waals surface area contributed by atoms with Gasteiger partial charge in [0, 0.05) is 23.7 Å². The van der Waals surface area contributed by atoms with E-state index in [1.165, 1.54) is 18.2 Å². The number of carbonyl (C=O) groups excluding carboxylic acids is 2. The van der Waals surface area contributed by atoms with Crippen LogP contribution in [0.25, 0.3) is 0 Å². The molecule has 0 saturated carbocycles. The molecule has 1 aliphatic heterocycles. The molecule has 154 valence electrons. The summed E-state index contributed by atoms with van der Waals surface area (Å²) in [5.41, 5.74) is 0.931. The lowest BCUT2D eigenvalue weighted by Crippen LogP contribution is -2.39. The van der Waals surface area contributed by atoms with Gasteiger partial charge in [-0.25, -0.2) is 4.39 Å². The van der Waals surface area contributed by atoms with E-state index in [1.54, 1.807) is 29.2 Å². The molecular formula is C22H24ClFN2O3. The van der Waals surface area contributed by atoms with E-state index in [1.807, 2.05) is 13.8 Å². The third-order valence-corrected chi connectivity index (χ3v) is 5.07. The van der Waals surface area contributed by atoms with Gasteiger partial charge in [0.05, 0.1) is 11.1 Å². The number of nitrogens with zero attached hydrogens (tertiary/aromatic N) is 1. The second kappa shape index (κ2) is 9.27. The van der Waals surface area contributed by atoms with Crippen molar-refractivity contribution >= 4 is 23.4 Å². The van der Waals surface area contributed by atoms with Gasteiger partial charge in [-0.2, -0.15) is 0 Å². The molecule has 0 aromatic heterocycles. The van der Waals surface area contributed by atoms with Crippen LogP contribution in [0.1, 0.15) is 47.4 Å². The van der Waals surface area contributed by atoms with Crippen molar-refractivity contribution in [2.45, 2.75) is 38.8 Å². The molecule has 2 amide bonds. The Morgan fingerprint density at radius 1 is 1.21 bits per heavy atom. The van der Waals surface area contributed by atoms with Crippen molar-refractivity contribution in [3.8, 4) is 5.75 Å². The number of likely N-dealkylation sites (tertiary alicyclic amines) is 1. The highest BCUT2D eigenvalue weighted by Gasteiger charge is 2.30. The Morgan fingerprint density at radius 3 is 2.55 bits per heavy atom. The summed E-state index contributed by atoms with van der Waals surface area (Å²) in [6.45, 7) is 4.78. The lowest BCUT2D eigenvalue weighted by molar-refractivity contribution is 0.0691. The summed E-state index contributed by atoms with van der Waals surface area (Å²) in [7, 11) is 0. The van der Waals surface area contributed by atoms with E-state index < -0.39 is 5.82 Å². The molecular weight excluding hydrogens is 395 g/mol. The average Bonchev–Trinajstić information content (AvgIpc) is 3.16. The Morgan fingerprint density at radius 2 is 1.90 bits per heavy atom. The molecule has 7 heteroatoms. The maximum atomic E-state index is 13.4. The molecule has 0 bridgehead atoms. The SMILES string of the molecule is CC(C)NC(=O)c1ccc(OC[C@H]2CCCN2C(=O)c2ccc(F)c(Cl)c2)cc1. The normalized spacial score (nSPS) is 16.2. The predicted molar refractivity (Wildman–Crippen MR) is 110 cm³/mol. The number of benzene rings is 2. The smallest absolute Gasteiger partial charge is 0.254 e. The molecule has 1 aliphatic rings. The largest absolute Gasteiger partial charge is 0.491 e. The van der Waals surface area contributed by atoms with Gasteiger partial charge < -0.3 is 15.0 Å². The first-order chi connectivity index (χ1) is 13.8. The molecule has 1 N–H and O–H groups in total. The van der Waals surface area contributed by atoms with E-state index in [9.17, 15) is 14.0 Å². The summed E-state index contributed by atoms with van der Waals surface area (Å²) in [6, 6.07) is 10.9. The fourth-order valence-electron chi connectivity index (χ4n) is 3.31. The van der Waals surface area contributed by atoms with Gasteiger partial charge in [0.1, 0.15) is 18.2 Å². The molecule has 1 atom stereocenters. The monoisotopic (exact) mass is 418 g/mol. The third kappa shape index (κ3) is 5.26. The van der Waals surface area contributed by atoms with Gasteiger partial charge in [0.15, 0.2) is 0 Å². The minimum Gasteiger partial charge on any atom is -0.491 e. The molecule has 0 radical (unpaired) electrons. The quantitative estimate of drug-likeness (QED) is 0.760. The number of hydrogen-bond acceptors (Lipinski definition) is 3. The number of halogens is 2. The lowest BCUT2D eigenvalue weighted by atomic mass is 10.1. The number of ether oxygens (including phenoxy) is 1. The Bertz CT molecular complexity index is 886. The summed E-state index contributed by atoms with van der Waals surface area (Å²) in [6.07, 6.45) is 1.71. The fraction of sp³-hybridized carbons (Fsp3) is 0.364. The molecule has 5 nitrogen and oxygen atoms in total. The van der Waals surface area contributed by atoms with Crippen molar-refractivity contribution in [3.05, 3.63) is 64.4 Å². The van der Waals surface area contributed by atoms with E-state index in [0.717, 1.165) is 12.8 Å². The second-order valence-electron chi connectivity index (χ2n) is 7.39. The zero-order valence-electron chi connectivity index (χ0n) is 16.5. The van der Waals surface area contributed by atoms with Gasteiger partial charge in [-0.15, -0.1) is 0 Å². The number of carbonyl (C=O) groups is 2. The maximum Gasteiger partial charge on any atom is 0.254 e. The van der Waals surface area contributed by atoms with Gasteiger partial charge in [-0.3, -0.25) is 9.59 Å². The maximum absolute atomic E-state index is 13.4. The Kier molecular flexibility index (Phi) is 6.75. The topological polar surface area (TPSA) is 58.6 Å². The van der Waals surface area contributed by atoms with Crippen LogP contribution in [-0.2, 0) is 0 Å². The average molecular weight is 419 g/mol. The van der Waals surface area contributed by atoms with Crippen molar-refractivity contribution < 1.29 is 18.7 Å². The van der Waals surface area contributed by atoms with Crippen molar-refractivity contribution in [1.29, 1.82) is 0 Å². The minimum absolute atomic E-state index is 0.0653. The molecule has 1 fully saturated rings. The number of hydrogen-bond donors (Lipinski definition) is 1. The Labute approximate surface area is 174 Å². The molecule has 2 aromatic rings. The van der Waals surface area contributed by atoms with Crippen molar-refractivity contribution in [2.75, 3.05) is 13.2 Å². The van der Waals surface area contributed by atoms with Gasteiger partial charge >= 0.3 is 0 Å².